The largest absolute Gasteiger partial charge is 0.328 e. The summed E-state index contributed by atoms with van der Waals surface area (Å²) in [5.41, 5.74) is 0.891. The number of fused-ring (bicyclic) bond motifs is 2. The minimum absolute atomic E-state index is 0.110. The number of hydrogen-bond donors (Lipinski definition) is 2. The van der Waals surface area contributed by atoms with Gasteiger partial charge in [0, 0.05) is 13.0 Å². The van der Waals surface area contributed by atoms with Crippen LogP contribution < -0.4 is 10.6 Å². The molecule has 24 heavy (non-hydrogen) atoms. The molecule has 7 nitrogen and oxygen atoms in total. The SMILES string of the molecule is CCc1nc2n(n1)CCCC2NC(=O)Nc1nc2ccccc2s1. The van der Waals surface area contributed by atoms with Crippen LogP contribution in [0.2, 0.25) is 0 Å². The zero-order chi connectivity index (χ0) is 16.5. The van der Waals surface area contributed by atoms with E-state index in [2.05, 4.69) is 25.7 Å². The number of nitrogens with one attached hydrogen (secondary N) is 2. The molecule has 0 spiro atoms. The Balaban J connectivity index is 1.47. The number of urea groups is 1. The highest BCUT2D eigenvalue weighted by Crippen LogP contribution is 2.26. The first-order valence-corrected chi connectivity index (χ1v) is 8.91. The monoisotopic (exact) mass is 342 g/mol. The molecule has 0 fully saturated rings. The lowest BCUT2D eigenvalue weighted by Crippen LogP contribution is -2.36. The molecule has 2 amide bonds. The first-order valence-electron chi connectivity index (χ1n) is 8.09. The summed E-state index contributed by atoms with van der Waals surface area (Å²) in [6.07, 6.45) is 2.64. The van der Waals surface area contributed by atoms with Crippen LogP contribution in [0.4, 0.5) is 9.93 Å². The molecular formula is C16H18N6OS. The van der Waals surface area contributed by atoms with E-state index in [1.807, 2.05) is 35.9 Å². The van der Waals surface area contributed by atoms with Crippen molar-refractivity contribution in [1.29, 1.82) is 0 Å². The van der Waals surface area contributed by atoms with Crippen LogP contribution in [0.15, 0.2) is 24.3 Å². The summed E-state index contributed by atoms with van der Waals surface area (Å²) in [5, 5.41) is 10.9. The third-order valence-electron chi connectivity index (χ3n) is 4.05. The van der Waals surface area contributed by atoms with E-state index in [-0.39, 0.29) is 12.1 Å². The smallest absolute Gasteiger partial charge is 0.321 e. The molecule has 0 bridgehead atoms. The number of para-hydroxylation sites is 1. The van der Waals surface area contributed by atoms with Gasteiger partial charge >= 0.3 is 6.03 Å². The second-order valence-electron chi connectivity index (χ2n) is 5.74. The molecule has 1 atom stereocenters. The summed E-state index contributed by atoms with van der Waals surface area (Å²) in [7, 11) is 0. The molecule has 1 unspecified atom stereocenters. The number of benzene rings is 1. The number of nitrogens with zero attached hydrogens (tertiary/aromatic N) is 4. The maximum Gasteiger partial charge on any atom is 0.321 e. The average molecular weight is 342 g/mol. The van der Waals surface area contributed by atoms with Gasteiger partial charge in [0.25, 0.3) is 0 Å². The van der Waals surface area contributed by atoms with Gasteiger partial charge in [0.05, 0.1) is 16.3 Å². The first-order chi connectivity index (χ1) is 11.7. The second kappa shape index (κ2) is 6.20. The molecule has 4 rings (SSSR count). The molecule has 2 N–H and O–H groups in total. The van der Waals surface area contributed by atoms with E-state index in [1.54, 1.807) is 0 Å². The third kappa shape index (κ3) is 2.84. The number of carbonyl (C=O) groups is 1. The number of carbonyl (C=O) groups excluding carboxylic acids is 1. The standard InChI is InChI=1S/C16H18N6OS/c1-2-13-19-14-11(7-5-9-22(14)21-13)17-15(23)20-16-18-10-6-3-4-8-12(10)24-16/h3-4,6,8,11H,2,5,7,9H2,1H3,(H2,17,18,20,23). The molecule has 0 aliphatic carbocycles. The van der Waals surface area contributed by atoms with Crippen molar-refractivity contribution in [2.45, 2.75) is 38.8 Å². The molecule has 0 saturated heterocycles. The number of amides is 2. The van der Waals surface area contributed by atoms with Crippen LogP contribution >= 0.6 is 11.3 Å². The van der Waals surface area contributed by atoms with Crippen molar-refractivity contribution in [3.8, 4) is 0 Å². The predicted molar refractivity (Wildman–Crippen MR) is 93.1 cm³/mol. The Bertz CT molecular complexity index is 853. The summed E-state index contributed by atoms with van der Waals surface area (Å²) in [5.74, 6) is 1.67. The Morgan fingerprint density at radius 1 is 1.38 bits per heavy atom. The maximum atomic E-state index is 12.3. The molecular weight excluding hydrogens is 324 g/mol. The molecule has 0 saturated carbocycles. The van der Waals surface area contributed by atoms with Gasteiger partial charge in [-0.05, 0) is 25.0 Å². The van der Waals surface area contributed by atoms with Crippen LogP contribution in [0.1, 0.15) is 37.5 Å². The van der Waals surface area contributed by atoms with Crippen LogP contribution in [-0.2, 0) is 13.0 Å². The molecule has 0 radical (unpaired) electrons. The van der Waals surface area contributed by atoms with Crippen LogP contribution in [-0.4, -0.2) is 25.8 Å². The van der Waals surface area contributed by atoms with Crippen LogP contribution in [0.25, 0.3) is 10.2 Å². The molecule has 1 aliphatic rings. The number of anilines is 1. The molecule has 2 aromatic heterocycles. The van der Waals surface area contributed by atoms with Crippen LogP contribution in [0.5, 0.6) is 0 Å². The summed E-state index contributed by atoms with van der Waals surface area (Å²) >= 11 is 1.46. The zero-order valence-corrected chi connectivity index (χ0v) is 14.1. The third-order valence-corrected chi connectivity index (χ3v) is 5.01. The normalized spacial score (nSPS) is 16.8. The lowest BCUT2D eigenvalue weighted by atomic mass is 10.1. The Labute approximate surface area is 143 Å². The molecule has 1 aromatic carbocycles. The van der Waals surface area contributed by atoms with E-state index in [0.29, 0.717) is 5.13 Å². The van der Waals surface area contributed by atoms with Crippen molar-refractivity contribution in [1.82, 2.24) is 25.1 Å². The van der Waals surface area contributed by atoms with Gasteiger partial charge in [-0.3, -0.25) is 5.32 Å². The van der Waals surface area contributed by atoms with E-state index in [9.17, 15) is 4.79 Å². The highest BCUT2D eigenvalue weighted by Gasteiger charge is 2.25. The number of aromatic nitrogens is 4. The van der Waals surface area contributed by atoms with Gasteiger partial charge in [-0.25, -0.2) is 19.4 Å². The quantitative estimate of drug-likeness (QED) is 0.766. The fraction of sp³-hybridized carbons (Fsp3) is 0.375. The lowest BCUT2D eigenvalue weighted by molar-refractivity contribution is 0.244. The fourth-order valence-corrected chi connectivity index (χ4v) is 3.76. The molecule has 124 valence electrons. The topological polar surface area (TPSA) is 84.7 Å². The highest BCUT2D eigenvalue weighted by molar-refractivity contribution is 7.22. The maximum absolute atomic E-state index is 12.3. The van der Waals surface area contributed by atoms with Gasteiger partial charge in [0.1, 0.15) is 5.82 Å². The van der Waals surface area contributed by atoms with Crippen molar-refractivity contribution in [3.05, 3.63) is 35.9 Å². The van der Waals surface area contributed by atoms with Crippen molar-refractivity contribution in [2.75, 3.05) is 5.32 Å². The van der Waals surface area contributed by atoms with E-state index in [1.165, 1.54) is 11.3 Å². The van der Waals surface area contributed by atoms with Gasteiger partial charge < -0.3 is 5.32 Å². The van der Waals surface area contributed by atoms with Crippen LogP contribution in [0, 0.1) is 0 Å². The van der Waals surface area contributed by atoms with E-state index < -0.39 is 0 Å². The van der Waals surface area contributed by atoms with Gasteiger partial charge in [-0.2, -0.15) is 5.10 Å². The average Bonchev–Trinajstić information content (AvgIpc) is 3.17. The van der Waals surface area contributed by atoms with Gasteiger partial charge in [0.15, 0.2) is 11.0 Å². The van der Waals surface area contributed by atoms with E-state index in [0.717, 1.165) is 47.7 Å². The number of aryl methyl sites for hydroxylation is 2. The fourth-order valence-electron chi connectivity index (χ4n) is 2.90. The minimum atomic E-state index is -0.256. The summed E-state index contributed by atoms with van der Waals surface area (Å²) < 4.78 is 2.96. The van der Waals surface area contributed by atoms with Crippen molar-refractivity contribution in [2.24, 2.45) is 0 Å². The minimum Gasteiger partial charge on any atom is -0.328 e. The number of thiazole rings is 1. The van der Waals surface area contributed by atoms with Crippen LogP contribution in [0.3, 0.4) is 0 Å². The van der Waals surface area contributed by atoms with Gasteiger partial charge in [0.2, 0.25) is 0 Å². The molecule has 3 heterocycles. The van der Waals surface area contributed by atoms with Gasteiger partial charge in [-0.1, -0.05) is 30.4 Å². The molecule has 3 aromatic rings. The summed E-state index contributed by atoms with van der Waals surface area (Å²) in [6.45, 7) is 2.89. The Kier molecular flexibility index (Phi) is 3.89. The Morgan fingerprint density at radius 2 is 2.25 bits per heavy atom. The van der Waals surface area contributed by atoms with Crippen molar-refractivity contribution >= 4 is 32.7 Å². The lowest BCUT2D eigenvalue weighted by Gasteiger charge is -2.22. The number of hydrogen-bond acceptors (Lipinski definition) is 5. The van der Waals surface area contributed by atoms with E-state index in [4.69, 9.17) is 0 Å². The number of rotatable bonds is 3. The molecule has 1 aliphatic heterocycles. The van der Waals surface area contributed by atoms with E-state index >= 15 is 0 Å². The van der Waals surface area contributed by atoms with Crippen molar-refractivity contribution in [3.63, 3.8) is 0 Å². The second-order valence-corrected chi connectivity index (χ2v) is 6.77. The predicted octanol–water partition coefficient (Wildman–Crippen LogP) is 3.11. The summed E-state index contributed by atoms with van der Waals surface area (Å²) in [6, 6.07) is 7.46. The first kappa shape index (κ1) is 15.1. The van der Waals surface area contributed by atoms with Crippen molar-refractivity contribution < 1.29 is 4.79 Å². The summed E-state index contributed by atoms with van der Waals surface area (Å²) in [4.78, 5) is 21.3. The zero-order valence-electron chi connectivity index (χ0n) is 13.3. The molecule has 8 heteroatoms. The van der Waals surface area contributed by atoms with Gasteiger partial charge in [-0.15, -0.1) is 0 Å². The highest BCUT2D eigenvalue weighted by atomic mass is 32.1. The Hall–Kier alpha value is -2.48. The Morgan fingerprint density at radius 3 is 3.08 bits per heavy atom.